The monoisotopic (exact) mass is 294 g/mol. The van der Waals surface area contributed by atoms with Crippen LogP contribution in [-0.2, 0) is 6.42 Å². The number of nitrogens with one attached hydrogen (secondary N) is 2. The lowest BCUT2D eigenvalue weighted by molar-refractivity contribution is 0.170. The van der Waals surface area contributed by atoms with Gasteiger partial charge in [0.25, 0.3) is 0 Å². The van der Waals surface area contributed by atoms with Gasteiger partial charge in [-0.3, -0.25) is 0 Å². The van der Waals surface area contributed by atoms with Crippen molar-refractivity contribution >= 4 is 11.7 Å². The number of amides is 2. The lowest BCUT2D eigenvalue weighted by atomic mass is 10.0. The lowest BCUT2D eigenvalue weighted by Gasteiger charge is -2.36. The molecule has 2 amide bonds. The van der Waals surface area contributed by atoms with Gasteiger partial charge in [0.05, 0.1) is 5.69 Å². The van der Waals surface area contributed by atoms with Gasteiger partial charge in [0, 0.05) is 31.7 Å². The van der Waals surface area contributed by atoms with E-state index in [0.29, 0.717) is 5.69 Å². The molecule has 0 aliphatic carbocycles. The molecule has 0 bridgehead atoms. The fourth-order valence-electron chi connectivity index (χ4n) is 2.75. The molecule has 2 aromatic carbocycles. The highest BCUT2D eigenvalue weighted by molar-refractivity contribution is 5.89. The first kappa shape index (κ1) is 14.6. The molecule has 1 saturated heterocycles. The smallest absolute Gasteiger partial charge is 0.319 e. The second-order valence-corrected chi connectivity index (χ2v) is 5.45. The Balaban J connectivity index is 1.68. The van der Waals surface area contributed by atoms with Crippen molar-refractivity contribution in [3.63, 3.8) is 0 Å². The van der Waals surface area contributed by atoms with Gasteiger partial charge in [-0.2, -0.15) is 0 Å². The van der Waals surface area contributed by atoms with Gasteiger partial charge in [-0.05, 0) is 18.1 Å². The predicted molar refractivity (Wildman–Crippen MR) is 87.8 cm³/mol. The Morgan fingerprint density at radius 3 is 2.82 bits per heavy atom. The normalized spacial score (nSPS) is 18.0. The number of anilines is 1. The fourth-order valence-corrected chi connectivity index (χ4v) is 2.75. The van der Waals surface area contributed by atoms with Crippen LogP contribution in [0.25, 0.3) is 0 Å². The van der Waals surface area contributed by atoms with Crippen LogP contribution in [0.4, 0.5) is 10.5 Å². The summed E-state index contributed by atoms with van der Waals surface area (Å²) >= 11 is 0. The number of carbonyl (C=O) groups excluding carboxylic acids is 1. The minimum atomic E-state index is -0.0510. The van der Waals surface area contributed by atoms with Crippen molar-refractivity contribution in [2.24, 2.45) is 0 Å². The number of hydrogen-bond donors (Lipinski definition) is 2. The van der Waals surface area contributed by atoms with Crippen LogP contribution >= 0.6 is 0 Å². The predicted octanol–water partition coefficient (Wildman–Crippen LogP) is 2.54. The molecule has 4 heteroatoms. The molecule has 2 N–H and O–H groups in total. The molecule has 0 spiro atoms. The van der Waals surface area contributed by atoms with Crippen LogP contribution in [0.1, 0.15) is 5.56 Å². The third-order valence-electron chi connectivity index (χ3n) is 3.88. The van der Waals surface area contributed by atoms with Gasteiger partial charge in [0.1, 0.15) is 0 Å². The van der Waals surface area contributed by atoms with Crippen molar-refractivity contribution in [1.29, 1.82) is 0 Å². The highest BCUT2D eigenvalue weighted by atomic mass is 16.2. The van der Waals surface area contributed by atoms with Crippen LogP contribution in [-0.4, -0.2) is 36.6 Å². The molecule has 113 valence electrons. The molecule has 1 atom stereocenters. The first-order chi connectivity index (χ1) is 10.8. The van der Waals surface area contributed by atoms with E-state index in [4.69, 9.17) is 0 Å². The number of carbonyl (C=O) groups is 1. The third-order valence-corrected chi connectivity index (χ3v) is 3.88. The van der Waals surface area contributed by atoms with Crippen LogP contribution < -0.4 is 10.6 Å². The molecule has 4 nitrogen and oxygen atoms in total. The summed E-state index contributed by atoms with van der Waals surface area (Å²) in [5.41, 5.74) is 1.96. The summed E-state index contributed by atoms with van der Waals surface area (Å²) in [5.74, 6) is 0. The van der Waals surface area contributed by atoms with Gasteiger partial charge in [0.2, 0.25) is 0 Å². The van der Waals surface area contributed by atoms with E-state index >= 15 is 0 Å². The van der Waals surface area contributed by atoms with Crippen molar-refractivity contribution in [1.82, 2.24) is 10.2 Å². The summed E-state index contributed by atoms with van der Waals surface area (Å²) < 4.78 is 0. The molecule has 0 aromatic heterocycles. The van der Waals surface area contributed by atoms with Gasteiger partial charge in [0.15, 0.2) is 0 Å². The number of para-hydroxylation sites is 1. The second-order valence-electron chi connectivity index (χ2n) is 5.45. The van der Waals surface area contributed by atoms with E-state index in [-0.39, 0.29) is 12.1 Å². The Morgan fingerprint density at radius 2 is 2.05 bits per heavy atom. The van der Waals surface area contributed by atoms with Gasteiger partial charge >= 0.3 is 6.03 Å². The molecule has 1 heterocycles. The van der Waals surface area contributed by atoms with Crippen LogP contribution in [0, 0.1) is 6.07 Å². The Labute approximate surface area is 131 Å². The lowest BCUT2D eigenvalue weighted by Crippen LogP contribution is -2.55. The maximum atomic E-state index is 12.5. The first-order valence-corrected chi connectivity index (χ1v) is 7.62. The summed E-state index contributed by atoms with van der Waals surface area (Å²) in [4.78, 5) is 14.5. The quantitative estimate of drug-likeness (QED) is 0.913. The molecule has 22 heavy (non-hydrogen) atoms. The SMILES string of the molecule is O=C(Nc1[c]cccc1)N1CCNCC1Cc1ccccc1. The van der Waals surface area contributed by atoms with E-state index in [2.05, 4.69) is 28.8 Å². The molecule has 0 saturated carbocycles. The number of nitrogens with zero attached hydrogens (tertiary/aromatic N) is 1. The molecule has 1 radical (unpaired) electrons. The number of hydrogen-bond acceptors (Lipinski definition) is 2. The Bertz CT molecular complexity index is 600. The highest BCUT2D eigenvalue weighted by Crippen LogP contribution is 2.13. The molecule has 1 aliphatic heterocycles. The zero-order valence-electron chi connectivity index (χ0n) is 12.5. The van der Waals surface area contributed by atoms with Crippen molar-refractivity contribution in [2.45, 2.75) is 12.5 Å². The zero-order chi connectivity index (χ0) is 15.2. The van der Waals surface area contributed by atoms with Gasteiger partial charge in [-0.15, -0.1) is 0 Å². The number of rotatable bonds is 3. The Hall–Kier alpha value is -2.33. The summed E-state index contributed by atoms with van der Waals surface area (Å²) in [6.07, 6.45) is 0.861. The minimum absolute atomic E-state index is 0.0510. The third kappa shape index (κ3) is 3.65. The van der Waals surface area contributed by atoms with Crippen molar-refractivity contribution in [2.75, 3.05) is 25.0 Å². The maximum absolute atomic E-state index is 12.5. The minimum Gasteiger partial charge on any atom is -0.319 e. The van der Waals surface area contributed by atoms with Gasteiger partial charge in [-0.1, -0.05) is 48.5 Å². The van der Waals surface area contributed by atoms with Gasteiger partial charge < -0.3 is 15.5 Å². The van der Waals surface area contributed by atoms with E-state index in [1.54, 1.807) is 6.07 Å². The molecule has 2 aromatic rings. The van der Waals surface area contributed by atoms with E-state index in [1.807, 2.05) is 41.3 Å². The average Bonchev–Trinajstić information content (AvgIpc) is 2.57. The summed E-state index contributed by atoms with van der Waals surface area (Å²) in [5, 5.41) is 6.31. The summed E-state index contributed by atoms with van der Waals surface area (Å²) in [6, 6.07) is 20.9. The largest absolute Gasteiger partial charge is 0.322 e. The summed E-state index contributed by atoms with van der Waals surface area (Å²) in [7, 11) is 0. The van der Waals surface area contributed by atoms with Crippen molar-refractivity contribution < 1.29 is 4.79 Å². The average molecular weight is 294 g/mol. The standard InChI is InChI=1S/C18H20N3O/c22-18(20-16-9-5-2-6-10-16)21-12-11-19-14-17(21)13-15-7-3-1-4-8-15/h1-9,17,19H,11-14H2,(H,20,22). The molecular formula is C18H20N3O. The van der Waals surface area contributed by atoms with Crippen molar-refractivity contribution in [3.8, 4) is 0 Å². The van der Waals surface area contributed by atoms with E-state index in [0.717, 1.165) is 26.1 Å². The van der Waals surface area contributed by atoms with E-state index in [9.17, 15) is 4.79 Å². The van der Waals surface area contributed by atoms with E-state index < -0.39 is 0 Å². The molecular weight excluding hydrogens is 274 g/mol. The number of benzene rings is 2. The second kappa shape index (κ2) is 7.09. The highest BCUT2D eigenvalue weighted by Gasteiger charge is 2.26. The van der Waals surface area contributed by atoms with Crippen LogP contribution in [0.2, 0.25) is 0 Å². The fraction of sp³-hybridized carbons (Fsp3) is 0.278. The topological polar surface area (TPSA) is 44.4 Å². The first-order valence-electron chi connectivity index (χ1n) is 7.62. The van der Waals surface area contributed by atoms with Gasteiger partial charge in [-0.25, -0.2) is 4.79 Å². The Morgan fingerprint density at radius 1 is 1.23 bits per heavy atom. The molecule has 1 unspecified atom stereocenters. The van der Waals surface area contributed by atoms with Crippen LogP contribution in [0.3, 0.4) is 0 Å². The Kier molecular flexibility index (Phi) is 4.71. The van der Waals surface area contributed by atoms with Crippen LogP contribution in [0.5, 0.6) is 0 Å². The molecule has 3 rings (SSSR count). The number of piperazine rings is 1. The zero-order valence-corrected chi connectivity index (χ0v) is 12.5. The number of urea groups is 1. The maximum Gasteiger partial charge on any atom is 0.322 e. The van der Waals surface area contributed by atoms with Crippen molar-refractivity contribution in [3.05, 3.63) is 66.2 Å². The molecule has 1 fully saturated rings. The summed E-state index contributed by atoms with van der Waals surface area (Å²) in [6.45, 7) is 2.37. The van der Waals surface area contributed by atoms with E-state index in [1.165, 1.54) is 5.56 Å². The van der Waals surface area contributed by atoms with Crippen LogP contribution in [0.15, 0.2) is 54.6 Å². The molecule has 1 aliphatic rings.